The van der Waals surface area contributed by atoms with Crippen LogP contribution in [0.15, 0.2) is 36.0 Å². The van der Waals surface area contributed by atoms with Gasteiger partial charge >= 0.3 is 17.1 Å². The molecule has 1 aromatic rings. The van der Waals surface area contributed by atoms with Crippen LogP contribution in [-0.4, -0.2) is 11.2 Å². The number of imidazole rings is 1. The average Bonchev–Trinajstić information content (AvgIpc) is 2.67. The van der Waals surface area contributed by atoms with Gasteiger partial charge in [-0.25, -0.2) is 0 Å². The first-order valence-corrected chi connectivity index (χ1v) is 3.03. The second kappa shape index (κ2) is 7.25. The second-order valence-electron chi connectivity index (χ2n) is 1.66. The number of aromatic nitrogens is 2. The van der Waals surface area contributed by atoms with Crippen LogP contribution in [0, 0.1) is 0 Å². The Morgan fingerprint density at radius 2 is 2.27 bits per heavy atom. The number of hydrogen-bond acceptors (Lipinski definition) is 2. The molecule has 0 saturated heterocycles. The third-order valence-electron chi connectivity index (χ3n) is 0.911. The number of rotatable bonds is 0. The summed E-state index contributed by atoms with van der Waals surface area (Å²) in [4.78, 5) is 11.0. The van der Waals surface area contributed by atoms with E-state index in [0.717, 1.165) is 6.42 Å². The predicted molar refractivity (Wildman–Crippen MR) is 39.8 cm³/mol. The van der Waals surface area contributed by atoms with Crippen molar-refractivity contribution < 1.29 is 17.1 Å². The average molecular weight is 198 g/mol. The number of hydrogen-bond donors (Lipinski definition) is 0. The van der Waals surface area contributed by atoms with Crippen molar-refractivity contribution in [2.75, 3.05) is 0 Å². The molecule has 0 radical (unpaired) electrons. The van der Waals surface area contributed by atoms with Crippen molar-refractivity contribution in [2.45, 2.75) is 6.42 Å². The third kappa shape index (κ3) is 5.58. The summed E-state index contributed by atoms with van der Waals surface area (Å²) in [5.41, 5.74) is 0. The molecular weight excluding hydrogens is 190 g/mol. The molecule has 0 saturated carbocycles. The summed E-state index contributed by atoms with van der Waals surface area (Å²) in [5, 5.41) is 0. The van der Waals surface area contributed by atoms with Gasteiger partial charge in [-0.2, -0.15) is 0 Å². The summed E-state index contributed by atoms with van der Waals surface area (Å²) < 4.78 is 0. The Morgan fingerprint density at radius 3 is 2.45 bits per heavy atom. The van der Waals surface area contributed by atoms with Crippen molar-refractivity contribution in [2.24, 2.45) is 4.99 Å². The quantitative estimate of drug-likeness (QED) is 0.583. The Morgan fingerprint density at radius 1 is 1.36 bits per heavy atom. The van der Waals surface area contributed by atoms with E-state index in [0.29, 0.717) is 0 Å². The van der Waals surface area contributed by atoms with Gasteiger partial charge in [-0.3, -0.25) is 4.99 Å². The van der Waals surface area contributed by atoms with E-state index in [4.69, 9.17) is 0 Å². The van der Waals surface area contributed by atoms with E-state index in [9.17, 15) is 0 Å². The molecule has 0 fully saturated rings. The van der Waals surface area contributed by atoms with Gasteiger partial charge in [-0.05, 0) is 0 Å². The van der Waals surface area contributed by atoms with Crippen LogP contribution in [0.5, 0.6) is 0 Å². The van der Waals surface area contributed by atoms with E-state index >= 15 is 0 Å². The van der Waals surface area contributed by atoms with Gasteiger partial charge in [0, 0.05) is 18.8 Å². The first kappa shape index (κ1) is 10.1. The summed E-state index contributed by atoms with van der Waals surface area (Å²) in [6, 6.07) is 0. The van der Waals surface area contributed by atoms with Gasteiger partial charge in [-0.1, -0.05) is 24.8 Å². The third-order valence-corrected chi connectivity index (χ3v) is 0.911. The van der Waals surface area contributed by atoms with Crippen LogP contribution in [0.3, 0.4) is 0 Å². The van der Waals surface area contributed by atoms with Crippen molar-refractivity contribution in [1.29, 1.82) is 0 Å². The molecule has 11 heavy (non-hydrogen) atoms. The zero-order valence-corrected chi connectivity index (χ0v) is 6.76. The van der Waals surface area contributed by atoms with Gasteiger partial charge in [0.25, 0.3) is 0 Å². The molecule has 0 aromatic carbocycles. The van der Waals surface area contributed by atoms with Crippen LogP contribution >= 0.6 is 0 Å². The Hall–Kier alpha value is -0.861. The fourth-order valence-corrected chi connectivity index (χ4v) is 0.497. The summed E-state index contributed by atoms with van der Waals surface area (Å²) in [7, 11) is 0. The maximum Gasteiger partial charge on any atom is 1.00 e. The van der Waals surface area contributed by atoms with E-state index in [1.807, 2.05) is 12.3 Å². The smallest absolute Gasteiger partial charge is 0.450 e. The van der Waals surface area contributed by atoms with Crippen molar-refractivity contribution in [1.82, 2.24) is 9.97 Å². The normalized spacial score (nSPS) is 11.6. The molecule has 62 valence electrons. The predicted octanol–water partition coefficient (Wildman–Crippen LogP) is 1.01. The molecule has 2 rings (SSSR count). The van der Waals surface area contributed by atoms with E-state index in [-0.39, 0.29) is 17.1 Å². The Labute approximate surface area is 76.1 Å². The number of nitrogens with zero attached hydrogens (tertiary/aromatic N) is 3. The molecule has 0 bridgehead atoms. The Kier molecular flexibility index (Phi) is 6.68. The van der Waals surface area contributed by atoms with Crippen molar-refractivity contribution >= 4 is 6.21 Å². The van der Waals surface area contributed by atoms with E-state index in [1.165, 1.54) is 6.33 Å². The van der Waals surface area contributed by atoms with Crippen LogP contribution in [0.2, 0.25) is 0 Å². The maximum atomic E-state index is 3.78. The standard InChI is InChI=1S/C4H5N.C3H3N2.Cu/c1-2-4-5-3-1;1-2-5-3-4-1;/h1,3-4H,2H2;1-3H;/q;-1;+1. The molecule has 4 heteroatoms. The topological polar surface area (TPSA) is 39.4 Å². The minimum atomic E-state index is 0. The number of aliphatic imine (C=N–C) groups is 1. The van der Waals surface area contributed by atoms with Gasteiger partial charge < -0.3 is 9.97 Å². The van der Waals surface area contributed by atoms with Crippen LogP contribution in [0.1, 0.15) is 6.42 Å². The van der Waals surface area contributed by atoms with Crippen molar-refractivity contribution in [3.8, 4) is 0 Å². The summed E-state index contributed by atoms with van der Waals surface area (Å²) >= 11 is 0. The van der Waals surface area contributed by atoms with E-state index < -0.39 is 0 Å². The van der Waals surface area contributed by atoms with Gasteiger partial charge in [-0.15, -0.1) is 0 Å². The van der Waals surface area contributed by atoms with Crippen LogP contribution in [0.4, 0.5) is 0 Å². The number of allylic oxidation sites excluding steroid dienone is 1. The maximum absolute atomic E-state index is 3.78. The molecule has 2 heterocycles. The van der Waals surface area contributed by atoms with E-state index in [2.05, 4.69) is 15.0 Å². The molecule has 0 N–H and O–H groups in total. The monoisotopic (exact) mass is 197 g/mol. The van der Waals surface area contributed by atoms with E-state index in [1.54, 1.807) is 18.6 Å². The molecule has 1 aliphatic rings. The molecular formula is C7H8CuN3. The second-order valence-corrected chi connectivity index (χ2v) is 1.66. The molecule has 1 aliphatic heterocycles. The molecule has 3 nitrogen and oxygen atoms in total. The van der Waals surface area contributed by atoms with Crippen molar-refractivity contribution in [3.63, 3.8) is 0 Å². The zero-order chi connectivity index (χ0) is 7.07. The largest absolute Gasteiger partial charge is 1.00 e. The molecule has 0 spiro atoms. The SMILES string of the molecule is C1=CN=CC1.[Cu+].c1c[n-]cn1. The van der Waals surface area contributed by atoms with Crippen LogP contribution in [0.25, 0.3) is 0 Å². The first-order chi connectivity index (χ1) is 5.00. The Bertz CT molecular complexity index is 176. The molecule has 1 aromatic heterocycles. The summed E-state index contributed by atoms with van der Waals surface area (Å²) in [6.07, 6.45) is 11.5. The minimum Gasteiger partial charge on any atom is -0.450 e. The van der Waals surface area contributed by atoms with Gasteiger partial charge in [0.05, 0.1) is 0 Å². The van der Waals surface area contributed by atoms with Crippen LogP contribution in [-0.2, 0) is 17.1 Å². The molecule has 0 atom stereocenters. The van der Waals surface area contributed by atoms with Crippen molar-refractivity contribution in [3.05, 3.63) is 31.0 Å². The van der Waals surface area contributed by atoms with Crippen LogP contribution < -0.4 is 4.98 Å². The summed E-state index contributed by atoms with van der Waals surface area (Å²) in [5.74, 6) is 0. The molecule has 0 amide bonds. The minimum absolute atomic E-state index is 0. The fourth-order valence-electron chi connectivity index (χ4n) is 0.497. The zero-order valence-electron chi connectivity index (χ0n) is 5.81. The summed E-state index contributed by atoms with van der Waals surface area (Å²) in [6.45, 7) is 0. The molecule has 0 aliphatic carbocycles. The Balaban J connectivity index is 0.000000167. The van der Waals surface area contributed by atoms with Gasteiger partial charge in [0.15, 0.2) is 0 Å². The first-order valence-electron chi connectivity index (χ1n) is 3.03. The fraction of sp³-hybridized carbons (Fsp3) is 0.143. The van der Waals surface area contributed by atoms with Gasteiger partial charge in [0.1, 0.15) is 0 Å². The molecule has 0 unspecified atom stereocenters. The van der Waals surface area contributed by atoms with Gasteiger partial charge in [0.2, 0.25) is 0 Å².